The molecule has 3 nitrogen and oxygen atoms in total. The molecule has 0 radical (unpaired) electrons. The number of hydrogen-bond donors (Lipinski definition) is 0. The van der Waals surface area contributed by atoms with Crippen LogP contribution in [0.2, 0.25) is 0 Å². The van der Waals surface area contributed by atoms with Crippen LogP contribution < -0.4 is 0 Å². The van der Waals surface area contributed by atoms with E-state index in [-0.39, 0.29) is 0 Å². The van der Waals surface area contributed by atoms with Crippen LogP contribution in [0.1, 0.15) is 0 Å². The van der Waals surface area contributed by atoms with Gasteiger partial charge in [0.05, 0.1) is 0 Å². The van der Waals surface area contributed by atoms with Gasteiger partial charge >= 0.3 is 0 Å². The predicted molar refractivity (Wildman–Crippen MR) is 231 cm³/mol. The molecule has 0 saturated carbocycles. The van der Waals surface area contributed by atoms with Crippen molar-refractivity contribution in [2.75, 3.05) is 0 Å². The van der Waals surface area contributed by atoms with Gasteiger partial charge < -0.3 is 0 Å². The van der Waals surface area contributed by atoms with Crippen LogP contribution in [0, 0.1) is 0 Å². The second kappa shape index (κ2) is 14.1. The Balaban J connectivity index is 1.19. The summed E-state index contributed by atoms with van der Waals surface area (Å²) in [5.74, 6) is 1.90. The fourth-order valence-electron chi connectivity index (χ4n) is 7.42. The summed E-state index contributed by atoms with van der Waals surface area (Å²) in [6.07, 6.45) is 0. The first kappa shape index (κ1) is 32.6. The van der Waals surface area contributed by atoms with Gasteiger partial charge in [-0.3, -0.25) is 0 Å². The van der Waals surface area contributed by atoms with E-state index in [1.807, 2.05) is 35.6 Å². The smallest absolute Gasteiger partial charge is 0.164 e. The molecule has 4 heteroatoms. The van der Waals surface area contributed by atoms with Crippen LogP contribution in [0.15, 0.2) is 200 Å². The Morgan fingerprint density at radius 2 is 0.636 bits per heavy atom. The van der Waals surface area contributed by atoms with Crippen LogP contribution in [0.25, 0.3) is 98.8 Å². The molecule has 8 aromatic carbocycles. The number of thiophene rings is 1. The topological polar surface area (TPSA) is 38.7 Å². The molecule has 0 spiro atoms. The zero-order chi connectivity index (χ0) is 36.6. The summed E-state index contributed by atoms with van der Waals surface area (Å²) in [4.78, 5) is 15.5. The first-order valence-electron chi connectivity index (χ1n) is 18.4. The highest BCUT2D eigenvalue weighted by Crippen LogP contribution is 2.45. The van der Waals surface area contributed by atoms with Crippen molar-refractivity contribution >= 4 is 31.5 Å². The molecule has 0 bridgehead atoms. The molecular weight excluding hydrogens is 687 g/mol. The molecule has 0 unspecified atom stereocenters. The van der Waals surface area contributed by atoms with Crippen molar-refractivity contribution in [1.82, 2.24) is 15.0 Å². The molecule has 0 atom stereocenters. The standard InChI is InChI=1S/C51H33N3S/c1-5-16-34(17-6-1)38-24-13-25-39(30-38)50-52-49(37-22-11-4-12-23-37)53-51(54-50)42-32-40(35-18-7-2-8-19-35)31-41(33-42)44-27-15-29-46-45-28-14-26-43(47(45)55-48(44)46)36-20-9-3-10-21-36/h1-33H. The molecule has 55 heavy (non-hydrogen) atoms. The maximum Gasteiger partial charge on any atom is 0.164 e. The van der Waals surface area contributed by atoms with Gasteiger partial charge in [0.2, 0.25) is 0 Å². The van der Waals surface area contributed by atoms with Crippen LogP contribution >= 0.6 is 11.3 Å². The molecule has 0 aliphatic rings. The van der Waals surface area contributed by atoms with Crippen molar-refractivity contribution in [2.24, 2.45) is 0 Å². The monoisotopic (exact) mass is 719 g/mol. The quantitative estimate of drug-likeness (QED) is 0.165. The van der Waals surface area contributed by atoms with Crippen molar-refractivity contribution in [3.63, 3.8) is 0 Å². The highest BCUT2D eigenvalue weighted by atomic mass is 32.1. The summed E-state index contributed by atoms with van der Waals surface area (Å²) < 4.78 is 2.55. The molecule has 10 rings (SSSR count). The van der Waals surface area contributed by atoms with Crippen LogP contribution in [-0.2, 0) is 0 Å². The van der Waals surface area contributed by atoms with Crippen molar-refractivity contribution in [1.29, 1.82) is 0 Å². The second-order valence-corrected chi connectivity index (χ2v) is 14.6. The van der Waals surface area contributed by atoms with Gasteiger partial charge in [-0.05, 0) is 68.8 Å². The first-order valence-corrected chi connectivity index (χ1v) is 19.3. The van der Waals surface area contributed by atoms with Gasteiger partial charge in [-0.25, -0.2) is 15.0 Å². The third-order valence-corrected chi connectivity index (χ3v) is 11.4. The van der Waals surface area contributed by atoms with E-state index in [1.54, 1.807) is 0 Å². The minimum absolute atomic E-state index is 0.628. The lowest BCUT2D eigenvalue weighted by Gasteiger charge is -2.13. The Bertz CT molecular complexity index is 2960. The maximum absolute atomic E-state index is 5.23. The summed E-state index contributed by atoms with van der Waals surface area (Å²) in [5.41, 5.74) is 12.1. The minimum Gasteiger partial charge on any atom is -0.208 e. The number of nitrogens with zero attached hydrogens (tertiary/aromatic N) is 3. The third-order valence-electron chi connectivity index (χ3n) is 10.1. The number of aromatic nitrogens is 3. The van der Waals surface area contributed by atoms with E-state index in [2.05, 4.69) is 176 Å². The molecule has 2 aromatic heterocycles. The van der Waals surface area contributed by atoms with Crippen molar-refractivity contribution in [3.8, 4) is 78.7 Å². The fraction of sp³-hybridized carbons (Fsp3) is 0. The van der Waals surface area contributed by atoms with Gasteiger partial charge in [0.25, 0.3) is 0 Å². The molecule has 0 amide bonds. The van der Waals surface area contributed by atoms with E-state index in [0.717, 1.165) is 44.5 Å². The summed E-state index contributed by atoms with van der Waals surface area (Å²) >= 11 is 1.87. The van der Waals surface area contributed by atoms with Crippen LogP contribution in [0.5, 0.6) is 0 Å². The maximum atomic E-state index is 5.23. The van der Waals surface area contributed by atoms with Gasteiger partial charge in [0.15, 0.2) is 17.5 Å². The lowest BCUT2D eigenvalue weighted by molar-refractivity contribution is 1.07. The van der Waals surface area contributed by atoms with E-state index in [0.29, 0.717) is 17.5 Å². The molecule has 0 N–H and O–H groups in total. The highest BCUT2D eigenvalue weighted by molar-refractivity contribution is 7.26. The van der Waals surface area contributed by atoms with Gasteiger partial charge in [-0.1, -0.05) is 176 Å². The molecule has 2 heterocycles. The average molecular weight is 720 g/mol. The molecule has 0 saturated heterocycles. The Labute approximate surface area is 323 Å². The van der Waals surface area contributed by atoms with Crippen molar-refractivity contribution in [3.05, 3.63) is 200 Å². The van der Waals surface area contributed by atoms with Crippen LogP contribution in [0.4, 0.5) is 0 Å². The molecule has 0 aliphatic carbocycles. The lowest BCUT2D eigenvalue weighted by Crippen LogP contribution is -2.00. The SMILES string of the molecule is c1ccc(-c2cccc(-c3nc(-c4ccccc4)nc(-c4cc(-c5ccccc5)cc(-c5cccc6c5sc5c(-c7ccccc7)cccc56)c4)n3)c2)cc1. The first-order chi connectivity index (χ1) is 27.2. The number of hydrogen-bond acceptors (Lipinski definition) is 4. The van der Waals surface area contributed by atoms with Gasteiger partial charge in [-0.2, -0.15) is 0 Å². The zero-order valence-corrected chi connectivity index (χ0v) is 30.6. The number of benzene rings is 8. The summed E-state index contributed by atoms with van der Waals surface area (Å²) in [5, 5.41) is 2.53. The van der Waals surface area contributed by atoms with Gasteiger partial charge in [-0.15, -0.1) is 11.3 Å². The minimum atomic E-state index is 0.628. The lowest BCUT2D eigenvalue weighted by atomic mass is 9.94. The summed E-state index contributed by atoms with van der Waals surface area (Å²) in [6, 6.07) is 70.4. The van der Waals surface area contributed by atoms with Crippen LogP contribution in [0.3, 0.4) is 0 Å². The molecule has 0 fully saturated rings. The Morgan fingerprint density at radius 3 is 1.24 bits per heavy atom. The van der Waals surface area contributed by atoms with Crippen molar-refractivity contribution < 1.29 is 0 Å². The molecule has 0 aliphatic heterocycles. The van der Waals surface area contributed by atoms with Gasteiger partial charge in [0, 0.05) is 36.9 Å². The van der Waals surface area contributed by atoms with E-state index >= 15 is 0 Å². The predicted octanol–water partition coefficient (Wildman–Crippen LogP) is 13.9. The number of rotatable bonds is 7. The third kappa shape index (κ3) is 6.29. The van der Waals surface area contributed by atoms with E-state index < -0.39 is 0 Å². The van der Waals surface area contributed by atoms with Crippen LogP contribution in [-0.4, -0.2) is 15.0 Å². The van der Waals surface area contributed by atoms with E-state index in [4.69, 9.17) is 15.0 Å². The van der Waals surface area contributed by atoms with E-state index in [1.165, 1.54) is 36.9 Å². The molecule has 258 valence electrons. The molecular formula is C51H33N3S. The van der Waals surface area contributed by atoms with Gasteiger partial charge in [0.1, 0.15) is 0 Å². The number of fused-ring (bicyclic) bond motifs is 3. The van der Waals surface area contributed by atoms with Crippen molar-refractivity contribution in [2.45, 2.75) is 0 Å². The average Bonchev–Trinajstić information content (AvgIpc) is 3.67. The zero-order valence-electron chi connectivity index (χ0n) is 29.8. The highest BCUT2D eigenvalue weighted by Gasteiger charge is 2.18. The van der Waals surface area contributed by atoms with E-state index in [9.17, 15) is 0 Å². The fourth-order valence-corrected chi connectivity index (χ4v) is 8.79. The normalized spacial score (nSPS) is 11.3. The summed E-state index contributed by atoms with van der Waals surface area (Å²) in [7, 11) is 0. The largest absolute Gasteiger partial charge is 0.208 e. The Kier molecular flexibility index (Phi) is 8.36. The second-order valence-electron chi connectivity index (χ2n) is 13.6. The molecule has 10 aromatic rings. The Morgan fingerprint density at radius 1 is 0.255 bits per heavy atom. The Hall–Kier alpha value is -7.01. The summed E-state index contributed by atoms with van der Waals surface area (Å²) in [6.45, 7) is 0.